The number of hydrogen-bond donors (Lipinski definition) is 0. The van der Waals surface area contributed by atoms with Crippen molar-refractivity contribution in [2.45, 2.75) is 20.8 Å². The van der Waals surface area contributed by atoms with Gasteiger partial charge in [-0.3, -0.25) is 14.6 Å². The highest BCUT2D eigenvalue weighted by Crippen LogP contribution is 2.40. The number of benzene rings is 1. The van der Waals surface area contributed by atoms with Crippen molar-refractivity contribution in [3.05, 3.63) is 53.5 Å². The first kappa shape index (κ1) is 19.6. The number of aromatic nitrogens is 1. The third-order valence-corrected chi connectivity index (χ3v) is 6.08. The summed E-state index contributed by atoms with van der Waals surface area (Å²) in [4.78, 5) is 32.1. The van der Waals surface area contributed by atoms with Gasteiger partial charge in [-0.1, -0.05) is 19.1 Å². The van der Waals surface area contributed by atoms with Gasteiger partial charge in [0.1, 0.15) is 5.82 Å². The number of rotatable bonds is 3. The lowest BCUT2D eigenvalue weighted by molar-refractivity contribution is -0.152. The molecule has 5 nitrogen and oxygen atoms in total. The molecule has 2 heterocycles. The Morgan fingerprint density at radius 3 is 2.79 bits per heavy atom. The van der Waals surface area contributed by atoms with Crippen LogP contribution in [0, 0.1) is 36.4 Å². The quantitative estimate of drug-likeness (QED) is 0.586. The number of carbonyl (C=O) groups is 2. The number of amides is 1. The van der Waals surface area contributed by atoms with Crippen LogP contribution in [0.15, 0.2) is 36.4 Å². The molecule has 2 aliphatic rings. The summed E-state index contributed by atoms with van der Waals surface area (Å²) in [6.07, 6.45) is 4.17. The second kappa shape index (κ2) is 7.58. The van der Waals surface area contributed by atoms with Crippen LogP contribution in [0.25, 0.3) is 10.9 Å². The minimum Gasteiger partial charge on any atom is -0.466 e. The van der Waals surface area contributed by atoms with Crippen LogP contribution < -0.4 is 0 Å². The van der Waals surface area contributed by atoms with E-state index in [2.05, 4.69) is 17.1 Å². The van der Waals surface area contributed by atoms with Crippen molar-refractivity contribution in [3.8, 4) is 0 Å². The Morgan fingerprint density at radius 2 is 2.03 bits per heavy atom. The fourth-order valence-electron chi connectivity index (χ4n) is 4.74. The molecule has 0 radical (unpaired) electrons. The number of aryl methyl sites for hydroxylation is 1. The topological polar surface area (TPSA) is 59.5 Å². The molecule has 0 spiro atoms. The molecular formula is C23H25FN2O3. The Balaban J connectivity index is 1.65. The van der Waals surface area contributed by atoms with Crippen LogP contribution in [0.4, 0.5) is 4.39 Å². The van der Waals surface area contributed by atoms with Gasteiger partial charge in [0.2, 0.25) is 0 Å². The van der Waals surface area contributed by atoms with Crippen LogP contribution in [0.2, 0.25) is 0 Å². The predicted molar refractivity (Wildman–Crippen MR) is 108 cm³/mol. The van der Waals surface area contributed by atoms with E-state index in [0.29, 0.717) is 41.9 Å². The van der Waals surface area contributed by atoms with E-state index in [0.717, 1.165) is 0 Å². The number of halogens is 1. The lowest BCUT2D eigenvalue weighted by Crippen LogP contribution is -2.37. The highest BCUT2D eigenvalue weighted by Gasteiger charge is 2.46. The third-order valence-electron chi connectivity index (χ3n) is 6.08. The van der Waals surface area contributed by atoms with Gasteiger partial charge in [-0.05, 0) is 55.9 Å². The number of fused-ring (bicyclic) bond motifs is 2. The number of nitrogens with zero attached hydrogens (tertiary/aromatic N) is 2. The smallest absolute Gasteiger partial charge is 0.309 e. The molecule has 1 aromatic carbocycles. The first-order chi connectivity index (χ1) is 13.9. The van der Waals surface area contributed by atoms with Crippen LogP contribution in [0.5, 0.6) is 0 Å². The Bertz CT molecular complexity index is 1000. The molecule has 0 N–H and O–H groups in total. The van der Waals surface area contributed by atoms with Crippen molar-refractivity contribution in [2.75, 3.05) is 19.7 Å². The maximum atomic E-state index is 13.8. The molecule has 4 rings (SSSR count). The fraction of sp³-hybridized carbons (Fsp3) is 0.435. The number of pyridine rings is 1. The molecule has 1 aliphatic heterocycles. The van der Waals surface area contributed by atoms with Gasteiger partial charge in [0, 0.05) is 24.2 Å². The number of ether oxygens (including phenoxy) is 1. The molecular weight excluding hydrogens is 371 g/mol. The molecule has 29 heavy (non-hydrogen) atoms. The summed E-state index contributed by atoms with van der Waals surface area (Å²) in [5.74, 6) is -0.768. The van der Waals surface area contributed by atoms with Gasteiger partial charge in [-0.2, -0.15) is 0 Å². The zero-order valence-corrected chi connectivity index (χ0v) is 16.9. The summed E-state index contributed by atoms with van der Waals surface area (Å²) >= 11 is 0. The van der Waals surface area contributed by atoms with Crippen LogP contribution in [-0.2, 0) is 9.53 Å². The summed E-state index contributed by atoms with van der Waals surface area (Å²) < 4.78 is 19.1. The monoisotopic (exact) mass is 396 g/mol. The van der Waals surface area contributed by atoms with Crippen molar-refractivity contribution in [1.82, 2.24) is 9.88 Å². The van der Waals surface area contributed by atoms with Crippen molar-refractivity contribution >= 4 is 22.8 Å². The van der Waals surface area contributed by atoms with Gasteiger partial charge in [0.15, 0.2) is 0 Å². The van der Waals surface area contributed by atoms with Crippen molar-refractivity contribution < 1.29 is 18.7 Å². The first-order valence-electron chi connectivity index (χ1n) is 10.1. The molecule has 152 valence electrons. The molecule has 0 unspecified atom stereocenters. The molecule has 4 atom stereocenters. The van der Waals surface area contributed by atoms with Gasteiger partial charge >= 0.3 is 5.97 Å². The summed E-state index contributed by atoms with van der Waals surface area (Å²) in [5, 5.41) is 0.515. The van der Waals surface area contributed by atoms with E-state index in [-0.39, 0.29) is 35.5 Å². The predicted octanol–water partition coefficient (Wildman–Crippen LogP) is 3.76. The lowest BCUT2D eigenvalue weighted by atomic mass is 9.72. The maximum Gasteiger partial charge on any atom is 0.309 e. The van der Waals surface area contributed by atoms with E-state index in [1.54, 1.807) is 24.0 Å². The zero-order chi connectivity index (χ0) is 20.7. The van der Waals surface area contributed by atoms with Crippen molar-refractivity contribution in [2.24, 2.45) is 23.7 Å². The van der Waals surface area contributed by atoms with Crippen LogP contribution in [0.1, 0.15) is 29.9 Å². The number of esters is 1. The highest BCUT2D eigenvalue weighted by atomic mass is 19.1. The Morgan fingerprint density at radius 1 is 1.24 bits per heavy atom. The third kappa shape index (κ3) is 3.52. The molecule has 1 saturated heterocycles. The number of allylic oxidation sites excluding steroid dienone is 1. The molecule has 0 saturated carbocycles. The minimum atomic E-state index is -0.397. The van der Waals surface area contributed by atoms with E-state index in [1.807, 2.05) is 13.8 Å². The van der Waals surface area contributed by atoms with Gasteiger partial charge in [0.05, 0.1) is 23.6 Å². The first-order valence-corrected chi connectivity index (χ1v) is 10.1. The largest absolute Gasteiger partial charge is 0.466 e. The Kier molecular flexibility index (Phi) is 5.11. The van der Waals surface area contributed by atoms with Crippen molar-refractivity contribution in [3.63, 3.8) is 0 Å². The number of likely N-dealkylation sites (tertiary alicyclic amines) is 1. The SMILES string of the molecule is CCOC(=O)[C@@H]1[C@H]2CN(C(=O)c3cc(C)nc4ccc(F)cc34)C[C@@H]2C=C[C@@H]1C. The van der Waals surface area contributed by atoms with E-state index in [9.17, 15) is 14.0 Å². The summed E-state index contributed by atoms with van der Waals surface area (Å²) in [6.45, 7) is 7.02. The lowest BCUT2D eigenvalue weighted by Gasteiger charge is -2.31. The fourth-order valence-corrected chi connectivity index (χ4v) is 4.74. The molecule has 2 aromatic rings. The summed E-state index contributed by atoms with van der Waals surface area (Å²) in [6, 6.07) is 6.03. The van der Waals surface area contributed by atoms with Gasteiger partial charge in [0.25, 0.3) is 5.91 Å². The number of hydrogen-bond acceptors (Lipinski definition) is 4. The Hall–Kier alpha value is -2.76. The summed E-state index contributed by atoms with van der Waals surface area (Å²) in [5.41, 5.74) is 1.77. The second-order valence-corrected chi connectivity index (χ2v) is 8.03. The normalized spacial score (nSPS) is 25.9. The van der Waals surface area contributed by atoms with Gasteiger partial charge in [-0.15, -0.1) is 0 Å². The molecule has 1 fully saturated rings. The minimum absolute atomic E-state index is 0.0314. The van der Waals surface area contributed by atoms with Crippen LogP contribution in [0.3, 0.4) is 0 Å². The van der Waals surface area contributed by atoms with Gasteiger partial charge < -0.3 is 9.64 Å². The summed E-state index contributed by atoms with van der Waals surface area (Å²) in [7, 11) is 0. The average molecular weight is 396 g/mol. The molecule has 1 aliphatic carbocycles. The van der Waals surface area contributed by atoms with E-state index in [4.69, 9.17) is 4.74 Å². The number of carbonyl (C=O) groups excluding carboxylic acids is 2. The van der Waals surface area contributed by atoms with Crippen LogP contribution >= 0.6 is 0 Å². The molecule has 1 amide bonds. The van der Waals surface area contributed by atoms with Crippen molar-refractivity contribution in [1.29, 1.82) is 0 Å². The standard InChI is InChI=1S/C23H25FN2O3/c1-4-29-23(28)21-13(2)5-6-15-11-26(12-19(15)21)22(27)18-9-14(3)25-20-8-7-16(24)10-17(18)20/h5-10,13,15,19,21H,4,11-12H2,1-3H3/t13-,15-,19-,21-/m0/s1. The maximum absolute atomic E-state index is 13.8. The molecule has 6 heteroatoms. The zero-order valence-electron chi connectivity index (χ0n) is 16.9. The second-order valence-electron chi connectivity index (χ2n) is 8.03. The van der Waals surface area contributed by atoms with E-state index >= 15 is 0 Å². The van der Waals surface area contributed by atoms with Gasteiger partial charge in [-0.25, -0.2) is 4.39 Å². The van der Waals surface area contributed by atoms with Crippen LogP contribution in [-0.4, -0.2) is 41.5 Å². The molecule has 0 bridgehead atoms. The average Bonchev–Trinajstić information content (AvgIpc) is 3.11. The van der Waals surface area contributed by atoms with E-state index < -0.39 is 5.82 Å². The highest BCUT2D eigenvalue weighted by molar-refractivity contribution is 6.06. The van der Waals surface area contributed by atoms with E-state index in [1.165, 1.54) is 12.1 Å². The Labute approximate surface area is 169 Å². The molecule has 1 aromatic heterocycles.